The Bertz CT molecular complexity index is 656. The fourth-order valence-corrected chi connectivity index (χ4v) is 2.61. The van der Waals surface area contributed by atoms with Gasteiger partial charge < -0.3 is 16.0 Å². The molecule has 2 aromatic heterocycles. The SMILES string of the molecule is CC(C)CNCc1cccnc1Sc1nc(N)cc(=O)[nH]1. The molecule has 0 aliphatic carbocycles. The van der Waals surface area contributed by atoms with E-state index in [4.69, 9.17) is 5.73 Å². The maximum absolute atomic E-state index is 11.4. The number of aromatic nitrogens is 3. The monoisotopic (exact) mass is 305 g/mol. The maximum atomic E-state index is 11.4. The lowest BCUT2D eigenvalue weighted by Crippen LogP contribution is -2.19. The molecule has 21 heavy (non-hydrogen) atoms. The van der Waals surface area contributed by atoms with E-state index in [-0.39, 0.29) is 11.4 Å². The number of nitrogens with zero attached hydrogens (tertiary/aromatic N) is 2. The van der Waals surface area contributed by atoms with Crippen molar-refractivity contribution in [2.45, 2.75) is 30.6 Å². The molecule has 2 heterocycles. The number of aromatic amines is 1. The molecule has 0 bridgehead atoms. The second-order valence-electron chi connectivity index (χ2n) is 5.07. The summed E-state index contributed by atoms with van der Waals surface area (Å²) >= 11 is 1.30. The fourth-order valence-electron chi connectivity index (χ4n) is 1.74. The molecular weight excluding hydrogens is 286 g/mol. The third-order valence-electron chi connectivity index (χ3n) is 2.65. The molecule has 112 valence electrons. The number of nitrogens with one attached hydrogen (secondary N) is 2. The number of pyridine rings is 1. The zero-order valence-corrected chi connectivity index (χ0v) is 12.9. The molecule has 0 spiro atoms. The van der Waals surface area contributed by atoms with Gasteiger partial charge in [0.15, 0.2) is 5.16 Å². The number of anilines is 1. The van der Waals surface area contributed by atoms with E-state index in [1.165, 1.54) is 17.8 Å². The van der Waals surface area contributed by atoms with Crippen LogP contribution in [0.5, 0.6) is 0 Å². The Hall–Kier alpha value is -1.86. The summed E-state index contributed by atoms with van der Waals surface area (Å²) in [6, 6.07) is 5.16. The smallest absolute Gasteiger partial charge is 0.253 e. The van der Waals surface area contributed by atoms with Gasteiger partial charge in [-0.05, 0) is 35.9 Å². The molecule has 0 amide bonds. The van der Waals surface area contributed by atoms with Crippen LogP contribution in [0.4, 0.5) is 5.82 Å². The average Bonchev–Trinajstić information content (AvgIpc) is 2.39. The summed E-state index contributed by atoms with van der Waals surface area (Å²) in [5.74, 6) is 0.793. The summed E-state index contributed by atoms with van der Waals surface area (Å²) < 4.78 is 0. The van der Waals surface area contributed by atoms with Crippen LogP contribution >= 0.6 is 11.8 Å². The molecule has 0 fully saturated rings. The summed E-state index contributed by atoms with van der Waals surface area (Å²) in [5, 5.41) is 4.64. The summed E-state index contributed by atoms with van der Waals surface area (Å²) in [7, 11) is 0. The van der Waals surface area contributed by atoms with E-state index in [9.17, 15) is 4.79 Å². The van der Waals surface area contributed by atoms with Crippen LogP contribution in [0.15, 0.2) is 39.4 Å². The number of rotatable bonds is 6. The molecular formula is C14H19N5OS. The first kappa shape index (κ1) is 15.5. The first-order chi connectivity index (χ1) is 10.0. The maximum Gasteiger partial charge on any atom is 0.253 e. The molecule has 0 saturated heterocycles. The summed E-state index contributed by atoms with van der Waals surface area (Å²) in [6.45, 7) is 5.98. The minimum Gasteiger partial charge on any atom is -0.383 e. The van der Waals surface area contributed by atoms with Crippen molar-refractivity contribution in [3.05, 3.63) is 40.3 Å². The number of H-pyrrole nitrogens is 1. The van der Waals surface area contributed by atoms with Gasteiger partial charge in [-0.1, -0.05) is 19.9 Å². The van der Waals surface area contributed by atoms with E-state index in [1.807, 2.05) is 12.1 Å². The van der Waals surface area contributed by atoms with Crippen molar-refractivity contribution < 1.29 is 0 Å². The van der Waals surface area contributed by atoms with Gasteiger partial charge in [0.2, 0.25) is 0 Å². The fraction of sp³-hybridized carbons (Fsp3) is 0.357. The van der Waals surface area contributed by atoms with Crippen LogP contribution in [-0.2, 0) is 6.54 Å². The lowest BCUT2D eigenvalue weighted by Gasteiger charge is -2.10. The lowest BCUT2D eigenvalue weighted by molar-refractivity contribution is 0.548. The van der Waals surface area contributed by atoms with Crippen molar-refractivity contribution in [1.29, 1.82) is 0 Å². The van der Waals surface area contributed by atoms with Gasteiger partial charge in [-0.2, -0.15) is 0 Å². The molecule has 0 radical (unpaired) electrons. The van der Waals surface area contributed by atoms with Crippen molar-refractivity contribution in [2.75, 3.05) is 12.3 Å². The molecule has 4 N–H and O–H groups in total. The molecule has 6 nitrogen and oxygen atoms in total. The second-order valence-corrected chi connectivity index (χ2v) is 6.05. The van der Waals surface area contributed by atoms with Gasteiger partial charge in [0.25, 0.3) is 5.56 Å². The molecule has 2 aromatic rings. The van der Waals surface area contributed by atoms with Crippen molar-refractivity contribution in [3.8, 4) is 0 Å². The molecule has 0 aliphatic rings. The van der Waals surface area contributed by atoms with E-state index in [1.54, 1.807) is 6.20 Å². The van der Waals surface area contributed by atoms with E-state index in [2.05, 4.69) is 34.1 Å². The first-order valence-corrected chi connectivity index (χ1v) is 7.55. The van der Waals surface area contributed by atoms with Crippen molar-refractivity contribution in [2.24, 2.45) is 5.92 Å². The molecule has 0 atom stereocenters. The minimum absolute atomic E-state index is 0.205. The van der Waals surface area contributed by atoms with Crippen molar-refractivity contribution >= 4 is 17.6 Å². The normalized spacial score (nSPS) is 11.0. The molecule has 0 unspecified atom stereocenters. The highest BCUT2D eigenvalue weighted by Crippen LogP contribution is 2.25. The van der Waals surface area contributed by atoms with E-state index >= 15 is 0 Å². The van der Waals surface area contributed by atoms with Crippen LogP contribution in [0.3, 0.4) is 0 Å². The van der Waals surface area contributed by atoms with Gasteiger partial charge in [0, 0.05) is 18.8 Å². The number of nitrogens with two attached hydrogens (primary N) is 1. The van der Waals surface area contributed by atoms with E-state index in [0.717, 1.165) is 23.7 Å². The van der Waals surface area contributed by atoms with Gasteiger partial charge >= 0.3 is 0 Å². The average molecular weight is 305 g/mol. The molecule has 0 aliphatic heterocycles. The van der Waals surface area contributed by atoms with Gasteiger partial charge in [0.05, 0.1) is 0 Å². The molecule has 0 aromatic carbocycles. The zero-order chi connectivity index (χ0) is 15.2. The highest BCUT2D eigenvalue weighted by molar-refractivity contribution is 7.99. The Morgan fingerprint density at radius 3 is 3.00 bits per heavy atom. The van der Waals surface area contributed by atoms with Crippen LogP contribution in [0.2, 0.25) is 0 Å². The Balaban J connectivity index is 2.14. The molecule has 7 heteroatoms. The van der Waals surface area contributed by atoms with Crippen LogP contribution < -0.4 is 16.6 Å². The Morgan fingerprint density at radius 1 is 1.48 bits per heavy atom. The number of nitrogen functional groups attached to an aromatic ring is 1. The Kier molecular flexibility index (Phi) is 5.35. The van der Waals surface area contributed by atoms with Crippen LogP contribution in [0.25, 0.3) is 0 Å². The predicted octanol–water partition coefficient (Wildman–Crippen LogP) is 1.64. The number of hydrogen-bond donors (Lipinski definition) is 3. The van der Waals surface area contributed by atoms with Crippen molar-refractivity contribution in [1.82, 2.24) is 20.3 Å². The topological polar surface area (TPSA) is 96.7 Å². The minimum atomic E-state index is -0.264. The van der Waals surface area contributed by atoms with Gasteiger partial charge in [-0.15, -0.1) is 0 Å². The number of hydrogen-bond acceptors (Lipinski definition) is 6. The van der Waals surface area contributed by atoms with E-state index in [0.29, 0.717) is 11.1 Å². The first-order valence-electron chi connectivity index (χ1n) is 6.74. The third-order valence-corrected chi connectivity index (χ3v) is 3.60. The second kappa shape index (κ2) is 7.24. The highest BCUT2D eigenvalue weighted by Gasteiger charge is 2.08. The predicted molar refractivity (Wildman–Crippen MR) is 84.2 cm³/mol. The Labute approximate surface area is 127 Å². The van der Waals surface area contributed by atoms with Gasteiger partial charge in [-0.25, -0.2) is 9.97 Å². The zero-order valence-electron chi connectivity index (χ0n) is 12.1. The van der Waals surface area contributed by atoms with E-state index < -0.39 is 0 Å². The third kappa shape index (κ3) is 4.87. The van der Waals surface area contributed by atoms with Crippen molar-refractivity contribution in [3.63, 3.8) is 0 Å². The highest BCUT2D eigenvalue weighted by atomic mass is 32.2. The van der Waals surface area contributed by atoms with Crippen LogP contribution in [-0.4, -0.2) is 21.5 Å². The van der Waals surface area contributed by atoms with Crippen LogP contribution in [0.1, 0.15) is 19.4 Å². The summed E-state index contributed by atoms with van der Waals surface area (Å²) in [5.41, 5.74) is 6.39. The van der Waals surface area contributed by atoms with Crippen LogP contribution in [0, 0.1) is 5.92 Å². The van der Waals surface area contributed by atoms with Gasteiger partial charge in [-0.3, -0.25) is 4.79 Å². The largest absolute Gasteiger partial charge is 0.383 e. The summed E-state index contributed by atoms with van der Waals surface area (Å²) in [4.78, 5) is 22.5. The molecule has 0 saturated carbocycles. The standard InChI is InChI=1S/C14H19N5OS/c1-9(2)7-16-8-10-4-3-5-17-13(10)21-14-18-11(15)6-12(20)19-14/h3-6,9,16H,7-8H2,1-2H3,(H3,15,18,19,20). The van der Waals surface area contributed by atoms with Gasteiger partial charge in [0.1, 0.15) is 10.8 Å². The quantitative estimate of drug-likeness (QED) is 0.702. The lowest BCUT2D eigenvalue weighted by atomic mass is 10.2. The Morgan fingerprint density at radius 2 is 2.29 bits per heavy atom. The molecule has 2 rings (SSSR count). The summed E-state index contributed by atoms with van der Waals surface area (Å²) in [6.07, 6.45) is 1.72.